The van der Waals surface area contributed by atoms with Crippen molar-refractivity contribution in [3.8, 4) is 0 Å². The first kappa shape index (κ1) is 64.5. The van der Waals surface area contributed by atoms with Gasteiger partial charge in [-0.15, -0.1) is 34.0 Å². The van der Waals surface area contributed by atoms with Crippen molar-refractivity contribution in [2.24, 2.45) is 0 Å². The fraction of sp³-hybridized carbons (Fsp3) is 0.576. The first-order valence-electron chi connectivity index (χ1n) is 26.2. The molecule has 0 amide bonds. The van der Waals surface area contributed by atoms with Crippen LogP contribution in [0.25, 0.3) is 10.1 Å². The van der Waals surface area contributed by atoms with Crippen LogP contribution in [0.3, 0.4) is 0 Å². The molecule has 0 atom stereocenters. The minimum Gasteiger partial charge on any atom is -0.469 e. The highest BCUT2D eigenvalue weighted by Gasteiger charge is 2.26. The van der Waals surface area contributed by atoms with Crippen molar-refractivity contribution in [3.05, 3.63) is 145 Å². The average molecular weight is 1040 g/mol. The molecular weight excluding hydrogens is 937 g/mol. The summed E-state index contributed by atoms with van der Waals surface area (Å²) in [6.45, 7) is 70.2. The molecule has 0 radical (unpaired) electrons. The lowest BCUT2D eigenvalue weighted by Gasteiger charge is -2.17. The van der Waals surface area contributed by atoms with E-state index in [0.717, 1.165) is 28.8 Å². The van der Waals surface area contributed by atoms with Gasteiger partial charge in [-0.1, -0.05) is 143 Å². The minimum atomic E-state index is 0.128. The predicted octanol–water partition coefficient (Wildman–Crippen LogP) is 22.3. The molecule has 72 heavy (non-hydrogen) atoms. The molecular formula is C66H102O3S3. The number of fused-ring (bicyclic) bond motifs is 1. The van der Waals surface area contributed by atoms with Crippen molar-refractivity contribution in [2.75, 3.05) is 0 Å². The normalized spacial score (nSPS) is 12.2. The van der Waals surface area contributed by atoms with Crippen LogP contribution in [0.1, 0.15) is 233 Å². The number of hydrogen-bond acceptors (Lipinski definition) is 6. The van der Waals surface area contributed by atoms with Gasteiger partial charge in [0.1, 0.15) is 28.8 Å². The Morgan fingerprint density at radius 2 is 0.653 bits per heavy atom. The van der Waals surface area contributed by atoms with Crippen molar-refractivity contribution in [2.45, 2.75) is 254 Å². The van der Waals surface area contributed by atoms with Gasteiger partial charge in [-0.2, -0.15) is 0 Å². The summed E-state index contributed by atoms with van der Waals surface area (Å²) < 4.78 is 18.2. The number of benzene rings is 1. The van der Waals surface area contributed by atoms with Crippen molar-refractivity contribution in [1.29, 1.82) is 0 Å². The summed E-state index contributed by atoms with van der Waals surface area (Å²) in [4.78, 5) is 7.53. The van der Waals surface area contributed by atoms with Crippen LogP contribution in [0.2, 0.25) is 0 Å². The van der Waals surface area contributed by atoms with Crippen molar-refractivity contribution in [1.82, 2.24) is 0 Å². The van der Waals surface area contributed by atoms with E-state index < -0.39 is 0 Å². The van der Waals surface area contributed by atoms with Crippen LogP contribution in [-0.2, 0) is 32.5 Å². The molecule has 0 bridgehead atoms. The molecule has 0 unspecified atom stereocenters. The third kappa shape index (κ3) is 17.0. The Morgan fingerprint density at radius 3 is 0.847 bits per heavy atom. The van der Waals surface area contributed by atoms with Crippen LogP contribution in [-0.4, -0.2) is 0 Å². The van der Waals surface area contributed by atoms with Gasteiger partial charge >= 0.3 is 0 Å². The maximum absolute atomic E-state index is 5.71. The summed E-state index contributed by atoms with van der Waals surface area (Å²) in [5.74, 6) is 5.44. The fourth-order valence-electron chi connectivity index (χ4n) is 8.86. The van der Waals surface area contributed by atoms with Crippen LogP contribution in [0.5, 0.6) is 0 Å². The number of furan rings is 3. The molecule has 0 spiro atoms. The molecule has 402 valence electrons. The Bertz CT molecular complexity index is 2570. The molecule has 0 aliphatic carbocycles. The van der Waals surface area contributed by atoms with E-state index in [1.54, 1.807) is 6.26 Å². The smallest absolute Gasteiger partial charge is 0.112 e. The van der Waals surface area contributed by atoms with Crippen LogP contribution >= 0.6 is 34.0 Å². The largest absolute Gasteiger partial charge is 0.469 e. The Labute approximate surface area is 454 Å². The molecule has 0 fully saturated rings. The molecule has 6 aromatic heterocycles. The molecule has 0 N–H and O–H groups in total. The van der Waals surface area contributed by atoms with Gasteiger partial charge in [0.05, 0.1) is 6.26 Å². The zero-order valence-electron chi connectivity index (χ0n) is 51.9. The van der Waals surface area contributed by atoms with E-state index >= 15 is 0 Å². The van der Waals surface area contributed by atoms with Crippen molar-refractivity contribution in [3.63, 3.8) is 0 Å². The molecule has 6 heteroatoms. The molecule has 3 nitrogen and oxygen atoms in total. The lowest BCUT2D eigenvalue weighted by atomic mass is 9.90. The summed E-state index contributed by atoms with van der Waals surface area (Å²) in [7, 11) is 0. The highest BCUT2D eigenvalue weighted by Crippen LogP contribution is 2.40. The third-order valence-electron chi connectivity index (χ3n) is 13.5. The Hall–Kier alpha value is -3.58. The lowest BCUT2D eigenvalue weighted by molar-refractivity contribution is 0.392. The van der Waals surface area contributed by atoms with Gasteiger partial charge < -0.3 is 13.3 Å². The number of rotatable bonds is 0. The average Bonchev–Trinajstić information content (AvgIpc) is 4.07. The second kappa shape index (κ2) is 24.4. The third-order valence-corrected chi connectivity index (χ3v) is 18.7. The number of hydrogen-bond donors (Lipinski definition) is 0. The minimum absolute atomic E-state index is 0.128. The lowest BCUT2D eigenvalue weighted by Crippen LogP contribution is -2.11. The second-order valence-electron chi connectivity index (χ2n) is 26.4. The summed E-state index contributed by atoms with van der Waals surface area (Å²) in [6.07, 6.45) is 1.75. The SMILES string of the molecule is Cc1c(C(C)(C)C)sc2ccccc12.Cc1ccoc1C(C)(C)C.Cc1oc(C(C)(C)C)c(C)c1C.Cc1oc(C(C)(C)C)c(C)c1C.Cc1sc(C(C)(C)C)c(C)c1C.Cc1sc(C(C)(C)C)c(C)c1C. The molecule has 0 saturated carbocycles. The maximum Gasteiger partial charge on any atom is 0.112 e. The van der Waals surface area contributed by atoms with Gasteiger partial charge in [0.2, 0.25) is 0 Å². The van der Waals surface area contributed by atoms with E-state index in [-0.39, 0.29) is 21.7 Å². The molecule has 7 rings (SSSR count). The number of aryl methyl sites for hydroxylation is 6. The van der Waals surface area contributed by atoms with Crippen LogP contribution in [0.15, 0.2) is 49.8 Å². The van der Waals surface area contributed by atoms with Gasteiger partial charge in [-0.05, 0) is 186 Å². The standard InChI is InChI=1S/C13H16S.2C11H18O.2C11H18S.C9H14O/c1-9-10-7-5-6-8-11(10)14-12(9)13(2,3)4;4*1-7-8(2)10(11(4,5)6)12-9(7)3;1-7-5-6-10-8(7)9(2,3)4/h5-8H,1-4H3;4*1-6H3;5-6H,1-4H3. The first-order valence-corrected chi connectivity index (χ1v) is 28.6. The van der Waals surface area contributed by atoms with Crippen LogP contribution < -0.4 is 0 Å². The molecule has 7 aromatic rings. The maximum atomic E-state index is 5.71. The molecule has 6 heterocycles. The Balaban J connectivity index is 0.000000297. The summed E-state index contributed by atoms with van der Waals surface area (Å²) in [5.41, 5.74) is 15.1. The zero-order valence-corrected chi connectivity index (χ0v) is 54.4. The molecule has 0 saturated heterocycles. The molecule has 0 aliphatic rings. The Morgan fingerprint density at radius 1 is 0.319 bits per heavy atom. The fourth-order valence-corrected chi connectivity index (χ4v) is 12.6. The second-order valence-corrected chi connectivity index (χ2v) is 29.9. The van der Waals surface area contributed by atoms with E-state index in [0.29, 0.717) is 10.8 Å². The van der Waals surface area contributed by atoms with E-state index in [2.05, 4.69) is 232 Å². The van der Waals surface area contributed by atoms with E-state index in [4.69, 9.17) is 13.3 Å². The van der Waals surface area contributed by atoms with Crippen LogP contribution in [0, 0.1) is 96.9 Å². The monoisotopic (exact) mass is 1040 g/mol. The van der Waals surface area contributed by atoms with Crippen molar-refractivity contribution < 1.29 is 13.3 Å². The van der Waals surface area contributed by atoms with Gasteiger partial charge in [-0.3, -0.25) is 0 Å². The summed E-state index contributed by atoms with van der Waals surface area (Å²) >= 11 is 5.83. The summed E-state index contributed by atoms with van der Waals surface area (Å²) in [6, 6.07) is 10.7. The predicted molar refractivity (Wildman–Crippen MR) is 325 cm³/mol. The van der Waals surface area contributed by atoms with Gasteiger partial charge in [0.15, 0.2) is 0 Å². The van der Waals surface area contributed by atoms with E-state index in [1.807, 2.05) is 53.9 Å². The quantitative estimate of drug-likeness (QED) is 0.152. The summed E-state index contributed by atoms with van der Waals surface area (Å²) in [5, 5.41) is 1.42. The van der Waals surface area contributed by atoms with Gasteiger partial charge in [-0.25, -0.2) is 0 Å². The van der Waals surface area contributed by atoms with Crippen LogP contribution in [0.4, 0.5) is 0 Å². The number of thiophene rings is 3. The highest BCUT2D eigenvalue weighted by atomic mass is 32.1. The van der Waals surface area contributed by atoms with Crippen molar-refractivity contribution >= 4 is 44.1 Å². The Kier molecular flexibility index (Phi) is 21.9. The first-order chi connectivity index (χ1) is 32.4. The topological polar surface area (TPSA) is 39.4 Å². The van der Waals surface area contributed by atoms with E-state index in [1.165, 1.54) is 90.1 Å². The van der Waals surface area contributed by atoms with E-state index in [9.17, 15) is 0 Å². The zero-order chi connectivity index (χ0) is 56.2. The van der Waals surface area contributed by atoms with Gasteiger partial charge in [0, 0.05) is 45.3 Å². The molecule has 0 aliphatic heterocycles. The highest BCUT2D eigenvalue weighted by molar-refractivity contribution is 7.19. The molecule has 1 aromatic carbocycles. The van der Waals surface area contributed by atoms with Gasteiger partial charge in [0.25, 0.3) is 0 Å².